The van der Waals surface area contributed by atoms with Crippen LogP contribution < -0.4 is 0 Å². The van der Waals surface area contributed by atoms with Crippen LogP contribution >= 0.6 is 0 Å². The zero-order chi connectivity index (χ0) is 8.55. The fraction of sp³-hybridized carbons (Fsp3) is 0.889. The van der Waals surface area contributed by atoms with Gasteiger partial charge in [0.15, 0.2) is 0 Å². The van der Waals surface area contributed by atoms with Crippen molar-refractivity contribution in [2.75, 3.05) is 26.7 Å². The Balaban J connectivity index is 2.03. The number of likely N-dealkylation sites (N-methyl/N-ethyl adjacent to an activating group) is 1. The normalized spacial score (nSPS) is 39.6. The highest BCUT2D eigenvalue weighted by molar-refractivity contribution is 5.22. The highest BCUT2D eigenvalue weighted by atomic mass is 15.5. The Kier molecular flexibility index (Phi) is 2.05. The van der Waals surface area contributed by atoms with E-state index in [1.54, 1.807) is 0 Å². The molecule has 3 heteroatoms. The molecule has 12 heavy (non-hydrogen) atoms. The van der Waals surface area contributed by atoms with E-state index in [2.05, 4.69) is 16.7 Å². The van der Waals surface area contributed by atoms with Crippen LogP contribution in [0.5, 0.6) is 0 Å². The van der Waals surface area contributed by atoms with Gasteiger partial charge in [-0.15, -0.1) is 0 Å². The topological polar surface area (TPSA) is 18.8 Å². The highest BCUT2D eigenvalue weighted by Gasteiger charge is 2.35. The van der Waals surface area contributed by atoms with Crippen LogP contribution in [-0.2, 0) is 0 Å². The van der Waals surface area contributed by atoms with Gasteiger partial charge in [-0.1, -0.05) is 0 Å². The van der Waals surface area contributed by atoms with Crippen LogP contribution in [0.1, 0.15) is 12.8 Å². The summed E-state index contributed by atoms with van der Waals surface area (Å²) >= 11 is 0. The second-order valence-corrected chi connectivity index (χ2v) is 3.92. The third-order valence-corrected chi connectivity index (χ3v) is 3.32. The number of piperidine rings is 3. The van der Waals surface area contributed by atoms with Gasteiger partial charge < -0.3 is 4.90 Å². The molecule has 0 radical (unpaired) electrons. The maximum Gasteiger partial charge on any atom is 0.0623 e. The summed E-state index contributed by atoms with van der Waals surface area (Å²) in [5.74, 6) is 0.866. The Morgan fingerprint density at radius 3 is 2.50 bits per heavy atom. The van der Waals surface area contributed by atoms with E-state index in [1.807, 2.05) is 12.1 Å². The third kappa shape index (κ3) is 1.22. The molecule has 0 saturated carbocycles. The van der Waals surface area contributed by atoms with Gasteiger partial charge in [-0.05, 0) is 31.8 Å². The molecule has 68 valence electrons. The van der Waals surface area contributed by atoms with E-state index in [0.29, 0.717) is 6.04 Å². The van der Waals surface area contributed by atoms with Gasteiger partial charge in [-0.2, -0.15) is 5.10 Å². The molecular weight excluding hydrogens is 150 g/mol. The molecule has 3 heterocycles. The van der Waals surface area contributed by atoms with Crippen molar-refractivity contribution >= 4 is 6.72 Å². The molecule has 0 aromatic heterocycles. The van der Waals surface area contributed by atoms with Crippen molar-refractivity contribution in [3.63, 3.8) is 0 Å². The molecule has 1 unspecified atom stereocenters. The summed E-state index contributed by atoms with van der Waals surface area (Å²) in [7, 11) is 2.04. The van der Waals surface area contributed by atoms with Gasteiger partial charge in [0.25, 0.3) is 0 Å². The molecule has 0 spiro atoms. The lowest BCUT2D eigenvalue weighted by atomic mass is 9.84. The molecule has 3 aliphatic heterocycles. The van der Waals surface area contributed by atoms with E-state index in [-0.39, 0.29) is 0 Å². The first-order chi connectivity index (χ1) is 5.81. The number of hydrazone groups is 1. The fourth-order valence-corrected chi connectivity index (χ4v) is 2.46. The molecule has 3 saturated heterocycles. The van der Waals surface area contributed by atoms with E-state index >= 15 is 0 Å². The van der Waals surface area contributed by atoms with Crippen LogP contribution in [0.4, 0.5) is 0 Å². The van der Waals surface area contributed by atoms with Crippen molar-refractivity contribution in [2.45, 2.75) is 18.9 Å². The van der Waals surface area contributed by atoms with Gasteiger partial charge in [0, 0.05) is 20.3 Å². The SMILES string of the molecule is C=NN(C)C1CN2CCC1CC2. The van der Waals surface area contributed by atoms with Gasteiger partial charge in [-0.25, -0.2) is 0 Å². The minimum atomic E-state index is 0.630. The minimum absolute atomic E-state index is 0.630. The Labute approximate surface area is 74.0 Å². The van der Waals surface area contributed by atoms with Crippen LogP contribution in [0, 0.1) is 5.92 Å². The van der Waals surface area contributed by atoms with Crippen LogP contribution in [0.3, 0.4) is 0 Å². The van der Waals surface area contributed by atoms with Crippen molar-refractivity contribution in [3.8, 4) is 0 Å². The maximum atomic E-state index is 3.99. The van der Waals surface area contributed by atoms with Gasteiger partial charge in [0.1, 0.15) is 0 Å². The van der Waals surface area contributed by atoms with Gasteiger partial charge in [0.05, 0.1) is 6.04 Å². The Hall–Kier alpha value is -0.570. The molecule has 1 atom stereocenters. The number of hydrogen-bond donors (Lipinski definition) is 0. The second-order valence-electron chi connectivity index (χ2n) is 3.92. The van der Waals surface area contributed by atoms with E-state index in [1.165, 1.54) is 32.5 Å². The van der Waals surface area contributed by atoms with Crippen molar-refractivity contribution in [1.82, 2.24) is 9.91 Å². The summed E-state index contributed by atoms with van der Waals surface area (Å²) in [6, 6.07) is 0.630. The summed E-state index contributed by atoms with van der Waals surface area (Å²) in [6.45, 7) is 7.37. The molecule has 2 bridgehead atoms. The van der Waals surface area contributed by atoms with Gasteiger partial charge in [0.2, 0.25) is 0 Å². The summed E-state index contributed by atoms with van der Waals surface area (Å²) < 4.78 is 0. The average Bonchev–Trinajstić information content (AvgIpc) is 2.18. The number of nitrogens with zero attached hydrogens (tertiary/aromatic N) is 3. The largest absolute Gasteiger partial charge is 0.301 e. The third-order valence-electron chi connectivity index (χ3n) is 3.32. The lowest BCUT2D eigenvalue weighted by molar-refractivity contribution is 0.0183. The zero-order valence-corrected chi connectivity index (χ0v) is 7.74. The van der Waals surface area contributed by atoms with Gasteiger partial charge >= 0.3 is 0 Å². The number of fused-ring (bicyclic) bond motifs is 3. The Morgan fingerprint density at radius 1 is 1.42 bits per heavy atom. The van der Waals surface area contributed by atoms with Crippen LogP contribution in [0.2, 0.25) is 0 Å². The summed E-state index contributed by atoms with van der Waals surface area (Å²) in [6.07, 6.45) is 2.70. The van der Waals surface area contributed by atoms with E-state index in [0.717, 1.165) is 5.92 Å². The highest BCUT2D eigenvalue weighted by Crippen LogP contribution is 2.30. The van der Waals surface area contributed by atoms with Crippen molar-refractivity contribution < 1.29 is 0 Å². The van der Waals surface area contributed by atoms with Crippen LogP contribution in [0.15, 0.2) is 5.10 Å². The molecule has 0 aromatic carbocycles. The fourth-order valence-electron chi connectivity index (χ4n) is 2.46. The molecular formula is C9H17N3. The molecule has 0 aliphatic carbocycles. The zero-order valence-electron chi connectivity index (χ0n) is 7.74. The minimum Gasteiger partial charge on any atom is -0.301 e. The predicted octanol–water partition coefficient (Wildman–Crippen LogP) is 0.628. The van der Waals surface area contributed by atoms with Gasteiger partial charge in [-0.3, -0.25) is 5.01 Å². The Bertz CT molecular complexity index is 173. The van der Waals surface area contributed by atoms with E-state index in [4.69, 9.17) is 0 Å². The first-order valence-corrected chi connectivity index (χ1v) is 4.73. The smallest absolute Gasteiger partial charge is 0.0623 e. The molecule has 0 amide bonds. The Morgan fingerprint density at radius 2 is 2.08 bits per heavy atom. The maximum absolute atomic E-state index is 3.99. The first kappa shape index (κ1) is 8.05. The van der Waals surface area contributed by atoms with E-state index in [9.17, 15) is 0 Å². The van der Waals surface area contributed by atoms with Crippen LogP contribution in [0.25, 0.3) is 0 Å². The molecule has 3 nitrogen and oxygen atoms in total. The second kappa shape index (κ2) is 3.05. The summed E-state index contributed by atoms with van der Waals surface area (Å²) in [5, 5.41) is 6.03. The summed E-state index contributed by atoms with van der Waals surface area (Å²) in [4.78, 5) is 2.53. The van der Waals surface area contributed by atoms with Crippen molar-refractivity contribution in [2.24, 2.45) is 11.0 Å². The van der Waals surface area contributed by atoms with Crippen molar-refractivity contribution in [1.29, 1.82) is 0 Å². The lowest BCUT2D eigenvalue weighted by Gasteiger charge is -2.47. The monoisotopic (exact) mass is 167 g/mol. The molecule has 3 aliphatic rings. The summed E-state index contributed by atoms with van der Waals surface area (Å²) in [5.41, 5.74) is 0. The predicted molar refractivity (Wildman–Crippen MR) is 50.3 cm³/mol. The van der Waals surface area contributed by atoms with Crippen molar-refractivity contribution in [3.05, 3.63) is 0 Å². The lowest BCUT2D eigenvalue weighted by Crippen LogP contribution is -2.55. The van der Waals surface area contributed by atoms with E-state index < -0.39 is 0 Å². The molecule has 0 N–H and O–H groups in total. The first-order valence-electron chi connectivity index (χ1n) is 4.73. The molecule has 3 rings (SSSR count). The average molecular weight is 167 g/mol. The standard InChI is InChI=1S/C9H17N3/c1-10-11(2)9-7-12-5-3-8(9)4-6-12/h8-9H,1,3-7H2,2H3. The molecule has 3 fully saturated rings. The molecule has 0 aromatic rings. The quantitative estimate of drug-likeness (QED) is 0.444. The van der Waals surface area contributed by atoms with Crippen LogP contribution in [-0.4, -0.2) is 49.4 Å². The number of hydrogen-bond acceptors (Lipinski definition) is 3. The number of rotatable bonds is 2.